The van der Waals surface area contributed by atoms with Crippen molar-refractivity contribution in [1.82, 2.24) is 8.61 Å². The Morgan fingerprint density at radius 2 is 1.52 bits per heavy atom. The molecule has 0 bridgehead atoms. The summed E-state index contributed by atoms with van der Waals surface area (Å²) in [5.74, 6) is 0. The fourth-order valence-corrected chi connectivity index (χ4v) is 7.72. The van der Waals surface area contributed by atoms with Gasteiger partial charge in [-0.3, -0.25) is 0 Å². The second-order valence-electron chi connectivity index (χ2n) is 10.3. The Hall–Kier alpha value is -2.62. The number of benzene rings is 3. The first-order valence-corrected chi connectivity index (χ1v) is 16.7. The molecule has 1 unspecified atom stereocenters. The molecule has 0 aliphatic carbocycles. The van der Waals surface area contributed by atoms with E-state index in [9.17, 15) is 35.1 Å². The quantitative estimate of drug-likeness (QED) is 0.341. The second-order valence-corrected chi connectivity index (χ2v) is 14.7. The van der Waals surface area contributed by atoms with Crippen molar-refractivity contribution < 1.29 is 35.1 Å². The van der Waals surface area contributed by atoms with Crippen LogP contribution in [-0.2, 0) is 32.2 Å². The van der Waals surface area contributed by atoms with E-state index in [0.717, 1.165) is 11.8 Å². The number of hydrogen-bond donors (Lipinski definition) is 2. The lowest BCUT2D eigenvalue weighted by atomic mass is 9.95. The third-order valence-corrected chi connectivity index (χ3v) is 11.0. The van der Waals surface area contributed by atoms with Crippen LogP contribution in [0.4, 0.5) is 18.9 Å². The van der Waals surface area contributed by atoms with Gasteiger partial charge in [-0.15, -0.1) is 12.6 Å². The van der Waals surface area contributed by atoms with Gasteiger partial charge in [0.2, 0.25) is 20.0 Å². The van der Waals surface area contributed by atoms with E-state index in [1.54, 1.807) is 53.4 Å². The number of anilines is 1. The number of rotatable bonds is 9. The molecule has 2 atom stereocenters. The largest absolute Gasteiger partial charge is 0.421 e. The minimum Gasteiger partial charge on any atom is -0.376 e. The Labute approximate surface area is 249 Å². The third kappa shape index (κ3) is 6.95. The van der Waals surface area contributed by atoms with E-state index in [2.05, 4.69) is 12.6 Å². The van der Waals surface area contributed by atoms with E-state index in [1.165, 1.54) is 38.9 Å². The van der Waals surface area contributed by atoms with Gasteiger partial charge in [0, 0.05) is 43.3 Å². The van der Waals surface area contributed by atoms with Crippen molar-refractivity contribution >= 4 is 38.4 Å². The fraction of sp³-hybridized carbons (Fsp3) is 0.357. The van der Waals surface area contributed by atoms with Crippen LogP contribution in [0.3, 0.4) is 0 Å². The SMILES string of the molecule is CC(O)(c1ccc(N2CCN(S(=O)(=O)c3ccccc3S)C[C@@H]2CN(Cc2ccccc2)S(C)(=O)=O)cc1)C(F)(F)F. The summed E-state index contributed by atoms with van der Waals surface area (Å²) in [4.78, 5) is 2.07. The van der Waals surface area contributed by atoms with Crippen LogP contribution in [-0.4, -0.2) is 75.2 Å². The summed E-state index contributed by atoms with van der Waals surface area (Å²) in [5, 5.41) is 10.1. The van der Waals surface area contributed by atoms with Crippen molar-refractivity contribution in [3.8, 4) is 0 Å². The number of hydrogen-bond acceptors (Lipinski definition) is 7. The first-order valence-electron chi connectivity index (χ1n) is 13.0. The molecule has 1 aliphatic rings. The molecule has 1 fully saturated rings. The minimum atomic E-state index is -4.90. The molecule has 1 aliphatic heterocycles. The molecule has 0 spiro atoms. The van der Waals surface area contributed by atoms with Gasteiger partial charge in [-0.25, -0.2) is 16.8 Å². The predicted octanol–water partition coefficient (Wildman–Crippen LogP) is 4.09. The van der Waals surface area contributed by atoms with Crippen molar-refractivity contribution in [2.75, 3.05) is 37.3 Å². The summed E-state index contributed by atoms with van der Waals surface area (Å²) in [6, 6.07) is 19.6. The van der Waals surface area contributed by atoms with Gasteiger partial charge in [0.25, 0.3) is 0 Å². The Kier molecular flexibility index (Phi) is 9.36. The lowest BCUT2D eigenvalue weighted by Gasteiger charge is -2.43. The van der Waals surface area contributed by atoms with Gasteiger partial charge in [-0.2, -0.15) is 21.8 Å². The first-order chi connectivity index (χ1) is 19.5. The average Bonchev–Trinajstić information content (AvgIpc) is 2.92. The van der Waals surface area contributed by atoms with E-state index in [4.69, 9.17) is 0 Å². The second kappa shape index (κ2) is 12.2. The van der Waals surface area contributed by atoms with Crippen LogP contribution >= 0.6 is 12.6 Å². The minimum absolute atomic E-state index is 0.0172. The van der Waals surface area contributed by atoms with Crippen LogP contribution < -0.4 is 4.90 Å². The summed E-state index contributed by atoms with van der Waals surface area (Å²) in [5.41, 5.74) is -2.23. The van der Waals surface area contributed by atoms with Crippen molar-refractivity contribution in [2.24, 2.45) is 0 Å². The number of nitrogens with zero attached hydrogens (tertiary/aromatic N) is 3. The molecule has 0 aromatic heterocycles. The molecule has 8 nitrogen and oxygen atoms in total. The highest BCUT2D eigenvalue weighted by Gasteiger charge is 2.51. The summed E-state index contributed by atoms with van der Waals surface area (Å²) in [6.45, 7) is 0.708. The van der Waals surface area contributed by atoms with Gasteiger partial charge in [0.05, 0.1) is 17.2 Å². The average molecular weight is 644 g/mol. The zero-order valence-corrected chi connectivity index (χ0v) is 25.5. The molecule has 3 aromatic rings. The van der Waals surface area contributed by atoms with Crippen LogP contribution in [0.15, 0.2) is 88.7 Å². The highest BCUT2D eigenvalue weighted by molar-refractivity contribution is 7.90. The van der Waals surface area contributed by atoms with Crippen LogP contribution in [0, 0.1) is 0 Å². The maximum Gasteiger partial charge on any atom is 0.421 e. The highest BCUT2D eigenvalue weighted by Crippen LogP contribution is 2.39. The van der Waals surface area contributed by atoms with E-state index in [-0.39, 0.29) is 48.1 Å². The van der Waals surface area contributed by atoms with E-state index in [1.807, 2.05) is 0 Å². The zero-order valence-electron chi connectivity index (χ0n) is 22.9. The summed E-state index contributed by atoms with van der Waals surface area (Å²) >= 11 is 4.31. The van der Waals surface area contributed by atoms with Gasteiger partial charge >= 0.3 is 6.18 Å². The number of alkyl halides is 3. The molecule has 14 heteroatoms. The molecule has 3 aromatic carbocycles. The van der Waals surface area contributed by atoms with Crippen molar-refractivity contribution in [3.05, 3.63) is 90.0 Å². The van der Waals surface area contributed by atoms with Gasteiger partial charge < -0.3 is 10.0 Å². The van der Waals surface area contributed by atoms with Crippen molar-refractivity contribution in [1.29, 1.82) is 0 Å². The van der Waals surface area contributed by atoms with Crippen LogP contribution in [0.2, 0.25) is 0 Å². The number of piperazine rings is 1. The lowest BCUT2D eigenvalue weighted by Crippen LogP contribution is -2.58. The number of aliphatic hydroxyl groups is 1. The summed E-state index contributed by atoms with van der Waals surface area (Å²) in [6.07, 6.45) is -3.82. The van der Waals surface area contributed by atoms with Crippen LogP contribution in [0.5, 0.6) is 0 Å². The highest BCUT2D eigenvalue weighted by atomic mass is 32.2. The molecule has 42 heavy (non-hydrogen) atoms. The van der Waals surface area contributed by atoms with Crippen molar-refractivity contribution in [2.45, 2.75) is 41.1 Å². The van der Waals surface area contributed by atoms with Gasteiger partial charge in [-0.05, 0) is 42.3 Å². The smallest absolute Gasteiger partial charge is 0.376 e. The Morgan fingerprint density at radius 1 is 0.929 bits per heavy atom. The monoisotopic (exact) mass is 643 g/mol. The molecule has 0 radical (unpaired) electrons. The molecular formula is C28H32F3N3O5S3. The topological polar surface area (TPSA) is 98.2 Å². The molecule has 228 valence electrons. The van der Waals surface area contributed by atoms with Gasteiger partial charge in [0.15, 0.2) is 5.60 Å². The first kappa shape index (κ1) is 32.3. The number of halogens is 3. The van der Waals surface area contributed by atoms with E-state index >= 15 is 0 Å². The normalized spacial score (nSPS) is 18.7. The Morgan fingerprint density at radius 3 is 2.10 bits per heavy atom. The van der Waals surface area contributed by atoms with Crippen LogP contribution in [0.25, 0.3) is 0 Å². The maximum absolute atomic E-state index is 13.6. The lowest BCUT2D eigenvalue weighted by molar-refractivity contribution is -0.258. The molecule has 0 amide bonds. The number of sulfonamides is 2. The predicted molar refractivity (Wildman–Crippen MR) is 157 cm³/mol. The maximum atomic E-state index is 13.6. The molecular weight excluding hydrogens is 612 g/mol. The third-order valence-electron chi connectivity index (χ3n) is 7.33. The zero-order chi connectivity index (χ0) is 30.9. The Bertz CT molecular complexity index is 1600. The van der Waals surface area contributed by atoms with Crippen molar-refractivity contribution in [3.63, 3.8) is 0 Å². The van der Waals surface area contributed by atoms with Gasteiger partial charge in [0.1, 0.15) is 0 Å². The fourth-order valence-electron chi connectivity index (χ4n) is 4.84. The molecule has 0 saturated carbocycles. The van der Waals surface area contributed by atoms with Crippen LogP contribution in [0.1, 0.15) is 18.1 Å². The molecule has 1 N–H and O–H groups in total. The van der Waals surface area contributed by atoms with Gasteiger partial charge in [-0.1, -0.05) is 54.6 Å². The molecule has 1 heterocycles. The Balaban J connectivity index is 1.70. The summed E-state index contributed by atoms with van der Waals surface area (Å²) in [7, 11) is -7.75. The molecule has 4 rings (SSSR count). The summed E-state index contributed by atoms with van der Waals surface area (Å²) < 4.78 is 95.7. The molecule has 1 saturated heterocycles. The number of thiol groups is 1. The van der Waals surface area contributed by atoms with E-state index in [0.29, 0.717) is 12.6 Å². The standard InChI is InChI=1S/C28H32F3N3O5S3/c1-27(35,28(29,30)31)22-12-14-23(15-13-22)34-17-16-32(42(38,39)26-11-7-6-10-25(26)40)19-24(34)20-33(41(2,36)37)18-21-8-4-3-5-9-21/h3-15,24,35,40H,16-20H2,1-2H3/t24-,27?/m1/s1. The van der Waals surface area contributed by atoms with E-state index < -0.39 is 37.9 Å².